The Balaban J connectivity index is 2.25. The molecule has 29 heavy (non-hydrogen) atoms. The number of ether oxygens (including phenoxy) is 2. The molecule has 0 saturated carbocycles. The van der Waals surface area contributed by atoms with Gasteiger partial charge in [0.25, 0.3) is 0 Å². The van der Waals surface area contributed by atoms with Gasteiger partial charge in [-0.25, -0.2) is 4.79 Å². The first-order valence-electron chi connectivity index (χ1n) is 9.11. The van der Waals surface area contributed by atoms with Crippen LogP contribution in [-0.2, 0) is 14.3 Å². The van der Waals surface area contributed by atoms with Gasteiger partial charge in [0, 0.05) is 5.56 Å². The smallest absolute Gasteiger partial charge is 0.375 e. The van der Waals surface area contributed by atoms with Crippen LogP contribution in [0.1, 0.15) is 35.7 Å². The summed E-state index contributed by atoms with van der Waals surface area (Å²) >= 11 is 0. The van der Waals surface area contributed by atoms with Crippen LogP contribution in [0, 0.1) is 11.3 Å². The third kappa shape index (κ3) is 4.04. The second-order valence-electron chi connectivity index (χ2n) is 6.73. The maximum Gasteiger partial charge on any atom is 0.375 e. The molecule has 6 heteroatoms. The molecule has 0 spiro atoms. The molecular weight excluding hydrogens is 368 g/mol. The molecule has 146 valence electrons. The van der Waals surface area contributed by atoms with Gasteiger partial charge in [0.1, 0.15) is 11.6 Å². The highest BCUT2D eigenvalue weighted by Crippen LogP contribution is 2.40. The Bertz CT molecular complexity index is 1030. The quantitative estimate of drug-likeness (QED) is 0.620. The number of hydrogen-bond acceptors (Lipinski definition) is 6. The van der Waals surface area contributed by atoms with Crippen LogP contribution in [0.15, 0.2) is 83.5 Å². The average Bonchev–Trinajstić information content (AvgIpc) is 2.73. The Morgan fingerprint density at radius 2 is 1.66 bits per heavy atom. The molecule has 0 fully saturated rings. The van der Waals surface area contributed by atoms with E-state index in [0.717, 1.165) is 0 Å². The fraction of sp³-hybridized carbons (Fsp3) is 0.174. The van der Waals surface area contributed by atoms with E-state index >= 15 is 0 Å². The largest absolute Gasteiger partial charge is 0.457 e. The van der Waals surface area contributed by atoms with E-state index < -0.39 is 23.8 Å². The molecule has 2 aromatic rings. The molecule has 0 radical (unpaired) electrons. The lowest BCUT2D eigenvalue weighted by molar-refractivity contribution is -0.146. The lowest BCUT2D eigenvalue weighted by Gasteiger charge is -2.28. The van der Waals surface area contributed by atoms with Gasteiger partial charge in [-0.3, -0.25) is 4.79 Å². The molecule has 1 heterocycles. The van der Waals surface area contributed by atoms with Crippen molar-refractivity contribution in [2.45, 2.75) is 25.9 Å². The van der Waals surface area contributed by atoms with Crippen LogP contribution in [0.3, 0.4) is 0 Å². The summed E-state index contributed by atoms with van der Waals surface area (Å²) in [6.45, 7) is 3.38. The zero-order valence-corrected chi connectivity index (χ0v) is 16.1. The van der Waals surface area contributed by atoms with Crippen molar-refractivity contribution in [1.29, 1.82) is 5.26 Å². The van der Waals surface area contributed by atoms with Crippen LogP contribution < -0.4 is 5.73 Å². The highest BCUT2D eigenvalue weighted by atomic mass is 16.6. The highest BCUT2D eigenvalue weighted by Gasteiger charge is 2.40. The van der Waals surface area contributed by atoms with Crippen LogP contribution >= 0.6 is 0 Å². The van der Waals surface area contributed by atoms with Crippen LogP contribution in [0.25, 0.3) is 0 Å². The second-order valence-corrected chi connectivity index (χ2v) is 6.73. The molecule has 1 atom stereocenters. The Morgan fingerprint density at radius 1 is 1.07 bits per heavy atom. The van der Waals surface area contributed by atoms with E-state index in [1.165, 1.54) is 0 Å². The molecular formula is C23H20N2O4. The van der Waals surface area contributed by atoms with Crippen molar-refractivity contribution in [3.8, 4) is 6.07 Å². The van der Waals surface area contributed by atoms with Crippen molar-refractivity contribution in [3.63, 3.8) is 0 Å². The number of carbonyl (C=O) groups excluding carboxylic acids is 2. The molecule has 0 amide bonds. The third-order valence-corrected chi connectivity index (χ3v) is 4.36. The number of esters is 1. The topological polar surface area (TPSA) is 102 Å². The lowest BCUT2D eigenvalue weighted by atomic mass is 9.79. The van der Waals surface area contributed by atoms with E-state index in [0.29, 0.717) is 11.1 Å². The molecule has 3 rings (SSSR count). The van der Waals surface area contributed by atoms with Gasteiger partial charge in [0.15, 0.2) is 5.78 Å². The summed E-state index contributed by atoms with van der Waals surface area (Å²) in [4.78, 5) is 26.2. The normalized spacial score (nSPS) is 16.3. The predicted molar refractivity (Wildman–Crippen MR) is 106 cm³/mol. The number of carbonyl (C=O) groups is 2. The van der Waals surface area contributed by atoms with E-state index in [4.69, 9.17) is 15.2 Å². The van der Waals surface area contributed by atoms with Gasteiger partial charge in [0.05, 0.1) is 17.6 Å². The molecule has 0 aromatic heterocycles. The molecule has 0 bridgehead atoms. The van der Waals surface area contributed by atoms with Crippen molar-refractivity contribution >= 4 is 11.8 Å². The molecule has 1 unspecified atom stereocenters. The van der Waals surface area contributed by atoms with Crippen molar-refractivity contribution in [2.24, 2.45) is 5.73 Å². The number of nitriles is 1. The standard InChI is InChI=1S/C23H20N2O4/c1-14(2)28-23(27)21-19(20(26)16-11-7-4-8-12-16)18(15-9-5-3-6-10-15)17(13-24)22(25)29-21/h3-12,14,18H,25H2,1-2H3. The lowest BCUT2D eigenvalue weighted by Crippen LogP contribution is -2.29. The van der Waals surface area contributed by atoms with Gasteiger partial charge in [0.2, 0.25) is 11.6 Å². The summed E-state index contributed by atoms with van der Waals surface area (Å²) in [5, 5.41) is 9.72. The van der Waals surface area contributed by atoms with Crippen LogP contribution in [-0.4, -0.2) is 17.9 Å². The number of Topliss-reactive ketones (excluding diaryl/α,β-unsaturated/α-hetero) is 1. The average molecular weight is 388 g/mol. The van der Waals surface area contributed by atoms with E-state index in [1.807, 2.05) is 12.1 Å². The monoisotopic (exact) mass is 388 g/mol. The summed E-state index contributed by atoms with van der Waals surface area (Å²) in [5.41, 5.74) is 7.06. The van der Waals surface area contributed by atoms with Gasteiger partial charge < -0.3 is 15.2 Å². The Kier molecular flexibility index (Phi) is 5.79. The molecule has 0 saturated heterocycles. The van der Waals surface area contributed by atoms with Crippen molar-refractivity contribution in [2.75, 3.05) is 0 Å². The minimum absolute atomic E-state index is 0.0267. The Morgan fingerprint density at radius 3 is 2.21 bits per heavy atom. The summed E-state index contributed by atoms with van der Waals surface area (Å²) in [7, 11) is 0. The first-order chi connectivity index (χ1) is 13.9. The highest BCUT2D eigenvalue weighted by molar-refractivity contribution is 6.14. The van der Waals surface area contributed by atoms with E-state index in [1.54, 1.807) is 68.4 Å². The second kappa shape index (κ2) is 8.44. The summed E-state index contributed by atoms with van der Waals surface area (Å²) in [5.74, 6) is -2.60. The maximum absolute atomic E-state index is 13.4. The van der Waals surface area contributed by atoms with E-state index in [-0.39, 0.29) is 22.8 Å². The predicted octanol–water partition coefficient (Wildman–Crippen LogP) is 3.58. The SMILES string of the molecule is CC(C)OC(=O)C1=C(C(=O)c2ccccc2)C(c2ccccc2)C(C#N)=C(N)O1. The van der Waals surface area contributed by atoms with Crippen molar-refractivity contribution < 1.29 is 19.1 Å². The molecule has 2 aromatic carbocycles. The van der Waals surface area contributed by atoms with Gasteiger partial charge in [-0.05, 0) is 19.4 Å². The zero-order chi connectivity index (χ0) is 21.0. The number of ketones is 1. The van der Waals surface area contributed by atoms with Crippen LogP contribution in [0.2, 0.25) is 0 Å². The first-order valence-corrected chi connectivity index (χ1v) is 9.11. The fourth-order valence-corrected chi connectivity index (χ4v) is 3.13. The summed E-state index contributed by atoms with van der Waals surface area (Å²) in [6, 6.07) is 19.4. The Labute approximate surface area is 168 Å². The number of benzene rings is 2. The number of nitrogens with zero attached hydrogens (tertiary/aromatic N) is 1. The zero-order valence-electron chi connectivity index (χ0n) is 16.1. The third-order valence-electron chi connectivity index (χ3n) is 4.36. The van der Waals surface area contributed by atoms with Gasteiger partial charge >= 0.3 is 5.97 Å². The number of nitrogens with two attached hydrogens (primary N) is 1. The van der Waals surface area contributed by atoms with Crippen molar-refractivity contribution in [1.82, 2.24) is 0 Å². The molecule has 0 aliphatic carbocycles. The molecule has 1 aliphatic rings. The van der Waals surface area contributed by atoms with E-state index in [2.05, 4.69) is 0 Å². The number of allylic oxidation sites excluding steroid dienone is 2. The minimum atomic E-state index is -0.850. The number of rotatable bonds is 5. The summed E-state index contributed by atoms with van der Waals surface area (Å²) < 4.78 is 10.8. The maximum atomic E-state index is 13.4. The minimum Gasteiger partial charge on any atom is -0.457 e. The van der Waals surface area contributed by atoms with Gasteiger partial charge in [-0.1, -0.05) is 60.7 Å². The Hall–Kier alpha value is -3.85. The van der Waals surface area contributed by atoms with Gasteiger partial charge in [-0.15, -0.1) is 0 Å². The van der Waals surface area contributed by atoms with Crippen LogP contribution in [0.5, 0.6) is 0 Å². The first kappa shape index (κ1) is 19.9. The molecule has 6 nitrogen and oxygen atoms in total. The molecule has 2 N–H and O–H groups in total. The fourth-order valence-electron chi connectivity index (χ4n) is 3.13. The summed E-state index contributed by atoms with van der Waals surface area (Å²) in [6.07, 6.45) is -0.426. The number of hydrogen-bond donors (Lipinski definition) is 1. The van der Waals surface area contributed by atoms with Crippen molar-refractivity contribution in [3.05, 3.63) is 94.6 Å². The van der Waals surface area contributed by atoms with Gasteiger partial charge in [-0.2, -0.15) is 5.26 Å². The van der Waals surface area contributed by atoms with Crippen LogP contribution in [0.4, 0.5) is 0 Å². The molecule has 1 aliphatic heterocycles. The van der Waals surface area contributed by atoms with E-state index in [9.17, 15) is 14.9 Å².